The van der Waals surface area contributed by atoms with Crippen molar-refractivity contribution < 1.29 is 0 Å². The molecular formula is C23H40. The van der Waals surface area contributed by atoms with Gasteiger partial charge in [0.05, 0.1) is 0 Å². The molecule has 0 N–H and O–H groups in total. The van der Waals surface area contributed by atoms with E-state index in [4.69, 9.17) is 0 Å². The van der Waals surface area contributed by atoms with Crippen LogP contribution >= 0.6 is 0 Å². The zero-order valence-corrected chi connectivity index (χ0v) is 15.4. The molecule has 0 aliphatic heterocycles. The van der Waals surface area contributed by atoms with Crippen LogP contribution in [0.25, 0.3) is 0 Å². The van der Waals surface area contributed by atoms with Crippen molar-refractivity contribution in [3.63, 3.8) is 0 Å². The number of hydrogen-bond donors (Lipinski definition) is 0. The van der Waals surface area contributed by atoms with Gasteiger partial charge in [-0.3, -0.25) is 0 Å². The fraction of sp³-hybridized carbons (Fsp3) is 0.826. The lowest BCUT2D eigenvalue weighted by Gasteiger charge is -2.30. The molecule has 0 heterocycles. The predicted octanol–water partition coefficient (Wildman–Crippen LogP) is 7.56. The molecule has 4 rings (SSSR count). The van der Waals surface area contributed by atoms with Crippen molar-refractivity contribution in [1.82, 2.24) is 0 Å². The van der Waals surface area contributed by atoms with Crippen LogP contribution in [0.3, 0.4) is 0 Å². The average Bonchev–Trinajstić information content (AvgIpc) is 3.36. The van der Waals surface area contributed by atoms with Crippen LogP contribution in [0.15, 0.2) is 23.8 Å². The average molecular weight is 317 g/mol. The SMILES string of the molecule is C.C=C(C)C1CC=C(C)CC1.CC1(C2CCC3(C)CC3C2)CC1. The molecule has 23 heavy (non-hydrogen) atoms. The standard InChI is InChI=1S/C12H20.C10H16.CH4/c1-11(5-6-11)9-3-4-12(2)8-10(12)7-9;1-8(2)10-6-4-9(3)5-7-10;/h9-10H,3-8H2,1-2H3;4,10H,1,5-7H2,2-3H3;1H4. The van der Waals surface area contributed by atoms with Crippen LogP contribution in [-0.4, -0.2) is 0 Å². The first kappa shape index (κ1) is 18.8. The van der Waals surface area contributed by atoms with Crippen LogP contribution in [0.5, 0.6) is 0 Å². The summed E-state index contributed by atoms with van der Waals surface area (Å²) in [6.45, 7) is 13.3. The van der Waals surface area contributed by atoms with Gasteiger partial charge in [-0.15, -0.1) is 0 Å². The van der Waals surface area contributed by atoms with E-state index < -0.39 is 0 Å². The van der Waals surface area contributed by atoms with Crippen molar-refractivity contribution in [3.8, 4) is 0 Å². The van der Waals surface area contributed by atoms with E-state index >= 15 is 0 Å². The summed E-state index contributed by atoms with van der Waals surface area (Å²) in [5.41, 5.74) is 4.53. The highest BCUT2D eigenvalue weighted by Gasteiger charge is 2.57. The van der Waals surface area contributed by atoms with E-state index in [0.717, 1.165) is 28.6 Å². The molecule has 4 atom stereocenters. The molecule has 0 bridgehead atoms. The second-order valence-corrected chi connectivity index (χ2v) is 9.55. The topological polar surface area (TPSA) is 0 Å². The minimum absolute atomic E-state index is 0. The van der Waals surface area contributed by atoms with E-state index in [1.807, 2.05) is 0 Å². The van der Waals surface area contributed by atoms with Crippen LogP contribution in [0.1, 0.15) is 92.9 Å². The third kappa shape index (κ3) is 4.31. The van der Waals surface area contributed by atoms with Crippen molar-refractivity contribution in [2.45, 2.75) is 92.9 Å². The van der Waals surface area contributed by atoms with Crippen LogP contribution in [0.2, 0.25) is 0 Å². The van der Waals surface area contributed by atoms with Gasteiger partial charge in [-0.25, -0.2) is 0 Å². The molecule has 0 saturated heterocycles. The summed E-state index contributed by atoms with van der Waals surface area (Å²) in [6, 6.07) is 0. The van der Waals surface area contributed by atoms with Crippen molar-refractivity contribution in [2.75, 3.05) is 0 Å². The largest absolute Gasteiger partial charge is 0.0998 e. The Bertz CT molecular complexity index is 464. The van der Waals surface area contributed by atoms with E-state index in [1.54, 1.807) is 24.8 Å². The maximum absolute atomic E-state index is 3.97. The maximum atomic E-state index is 3.97. The van der Waals surface area contributed by atoms with Gasteiger partial charge in [0.1, 0.15) is 0 Å². The van der Waals surface area contributed by atoms with Crippen LogP contribution in [-0.2, 0) is 0 Å². The summed E-state index contributed by atoms with van der Waals surface area (Å²) in [5, 5.41) is 0. The van der Waals surface area contributed by atoms with Gasteiger partial charge >= 0.3 is 0 Å². The molecule has 3 saturated carbocycles. The number of fused-ring (bicyclic) bond motifs is 1. The second-order valence-electron chi connectivity index (χ2n) is 9.55. The molecule has 0 aromatic heterocycles. The van der Waals surface area contributed by atoms with Gasteiger partial charge in [0.15, 0.2) is 0 Å². The molecule has 0 heteroatoms. The monoisotopic (exact) mass is 316 g/mol. The van der Waals surface area contributed by atoms with Gasteiger partial charge in [-0.05, 0) is 100 Å². The van der Waals surface area contributed by atoms with Crippen molar-refractivity contribution in [2.24, 2.45) is 28.6 Å². The summed E-state index contributed by atoms with van der Waals surface area (Å²) < 4.78 is 0. The number of allylic oxidation sites excluding steroid dienone is 3. The Morgan fingerprint density at radius 1 is 1.09 bits per heavy atom. The Kier molecular flexibility index (Phi) is 5.54. The lowest BCUT2D eigenvalue weighted by Crippen LogP contribution is -2.20. The third-order valence-electron chi connectivity index (χ3n) is 7.53. The molecule has 3 fully saturated rings. The Morgan fingerprint density at radius 3 is 2.26 bits per heavy atom. The Labute approximate surface area is 145 Å². The summed E-state index contributed by atoms with van der Waals surface area (Å²) in [4.78, 5) is 0. The summed E-state index contributed by atoms with van der Waals surface area (Å²) >= 11 is 0. The van der Waals surface area contributed by atoms with E-state index in [9.17, 15) is 0 Å². The fourth-order valence-electron chi connectivity index (χ4n) is 4.79. The molecule has 0 spiro atoms. The Morgan fingerprint density at radius 2 is 1.78 bits per heavy atom. The maximum Gasteiger partial charge on any atom is -0.0171 e. The summed E-state index contributed by atoms with van der Waals surface area (Å²) in [6.07, 6.45) is 15.4. The van der Waals surface area contributed by atoms with Gasteiger partial charge in [0.2, 0.25) is 0 Å². The number of hydrogen-bond acceptors (Lipinski definition) is 0. The predicted molar refractivity (Wildman–Crippen MR) is 104 cm³/mol. The highest BCUT2D eigenvalue weighted by Crippen LogP contribution is 2.67. The van der Waals surface area contributed by atoms with Gasteiger partial charge in [-0.2, -0.15) is 0 Å². The first-order valence-electron chi connectivity index (χ1n) is 9.63. The fourth-order valence-corrected chi connectivity index (χ4v) is 4.79. The Balaban J connectivity index is 0.000000163. The highest BCUT2D eigenvalue weighted by atomic mass is 14.6. The van der Waals surface area contributed by atoms with E-state index in [2.05, 4.69) is 40.3 Å². The third-order valence-corrected chi connectivity index (χ3v) is 7.53. The first-order valence-corrected chi connectivity index (χ1v) is 9.63. The normalized spacial score (nSPS) is 39.7. The van der Waals surface area contributed by atoms with Crippen LogP contribution in [0, 0.1) is 28.6 Å². The highest BCUT2D eigenvalue weighted by molar-refractivity contribution is 5.10. The summed E-state index contributed by atoms with van der Waals surface area (Å²) in [7, 11) is 0. The quantitative estimate of drug-likeness (QED) is 0.461. The molecule has 0 nitrogen and oxygen atoms in total. The molecule has 132 valence electrons. The Hall–Kier alpha value is -0.520. The van der Waals surface area contributed by atoms with Crippen LogP contribution < -0.4 is 0 Å². The first-order chi connectivity index (χ1) is 10.3. The lowest BCUT2D eigenvalue weighted by atomic mass is 9.75. The molecule has 4 aliphatic rings. The lowest BCUT2D eigenvalue weighted by molar-refractivity contribution is 0.202. The molecule has 0 radical (unpaired) electrons. The van der Waals surface area contributed by atoms with Gasteiger partial charge in [-0.1, -0.05) is 45.1 Å². The molecule has 4 unspecified atom stereocenters. The zero-order chi connectivity index (χ0) is 16.0. The molecule has 0 aromatic rings. The van der Waals surface area contributed by atoms with Crippen LogP contribution in [0.4, 0.5) is 0 Å². The minimum Gasteiger partial charge on any atom is -0.0998 e. The molecule has 0 amide bonds. The zero-order valence-electron chi connectivity index (χ0n) is 15.4. The number of rotatable bonds is 2. The van der Waals surface area contributed by atoms with E-state index in [1.165, 1.54) is 44.1 Å². The smallest absolute Gasteiger partial charge is 0.0171 e. The van der Waals surface area contributed by atoms with E-state index in [0.29, 0.717) is 0 Å². The van der Waals surface area contributed by atoms with Gasteiger partial charge in [0, 0.05) is 0 Å². The second kappa shape index (κ2) is 6.77. The molecular weight excluding hydrogens is 276 g/mol. The van der Waals surface area contributed by atoms with Crippen molar-refractivity contribution in [3.05, 3.63) is 23.8 Å². The van der Waals surface area contributed by atoms with E-state index in [-0.39, 0.29) is 7.43 Å². The molecule has 0 aromatic carbocycles. The van der Waals surface area contributed by atoms with Gasteiger partial charge in [0.25, 0.3) is 0 Å². The minimum atomic E-state index is 0. The van der Waals surface area contributed by atoms with Gasteiger partial charge < -0.3 is 0 Å². The van der Waals surface area contributed by atoms with Crippen molar-refractivity contribution in [1.29, 1.82) is 0 Å². The summed E-state index contributed by atoms with van der Waals surface area (Å²) in [5.74, 6) is 3.01. The molecule has 4 aliphatic carbocycles. The van der Waals surface area contributed by atoms with Crippen molar-refractivity contribution >= 4 is 0 Å².